The second kappa shape index (κ2) is 14.2. The van der Waals surface area contributed by atoms with Crippen molar-refractivity contribution in [1.82, 2.24) is 10.3 Å². The first-order valence-corrected chi connectivity index (χ1v) is 15.0. The van der Waals surface area contributed by atoms with Gasteiger partial charge in [-0.05, 0) is 92.8 Å². The first-order chi connectivity index (χ1) is 20.9. The second-order valence-electron chi connectivity index (χ2n) is 10.9. The Balaban J connectivity index is 1.31. The summed E-state index contributed by atoms with van der Waals surface area (Å²) in [7, 11) is 0. The fourth-order valence-corrected chi connectivity index (χ4v) is 5.68. The molecular weight excluding hydrogens is 549 g/mol. The van der Waals surface area contributed by atoms with Crippen molar-refractivity contribution in [3.05, 3.63) is 89.2 Å². The Morgan fingerprint density at radius 3 is 2.60 bits per heavy atom. The second-order valence-corrected chi connectivity index (χ2v) is 10.9. The number of carbonyl (C=O) groups excluding carboxylic acids is 2. The van der Waals surface area contributed by atoms with Gasteiger partial charge in [0.1, 0.15) is 23.7 Å². The molecule has 0 saturated heterocycles. The Bertz CT molecular complexity index is 1550. The molecule has 0 bridgehead atoms. The lowest BCUT2D eigenvalue weighted by atomic mass is 9.82. The van der Waals surface area contributed by atoms with Crippen LogP contribution in [-0.4, -0.2) is 30.0 Å². The minimum Gasteiger partial charge on any atom is -0.489 e. The van der Waals surface area contributed by atoms with Crippen molar-refractivity contribution in [3.63, 3.8) is 0 Å². The molecule has 1 amide bonds. The number of amides is 1. The number of aromatic nitrogens is 1. The lowest BCUT2D eigenvalue weighted by Crippen LogP contribution is -2.26. The van der Waals surface area contributed by atoms with Crippen LogP contribution in [0.3, 0.4) is 0 Å². The Hall–Kier alpha value is -4.40. The highest BCUT2D eigenvalue weighted by Gasteiger charge is 2.30. The number of hydrogen-bond acceptors (Lipinski definition) is 7. The van der Waals surface area contributed by atoms with Crippen LogP contribution in [0, 0.1) is 18.8 Å². The largest absolute Gasteiger partial charge is 0.489 e. The summed E-state index contributed by atoms with van der Waals surface area (Å²) < 4.78 is 30.8. The van der Waals surface area contributed by atoms with Crippen LogP contribution in [-0.2, 0) is 16.1 Å². The van der Waals surface area contributed by atoms with Crippen molar-refractivity contribution < 1.29 is 27.9 Å². The number of esters is 1. The van der Waals surface area contributed by atoms with Crippen LogP contribution in [0.5, 0.6) is 5.75 Å². The summed E-state index contributed by atoms with van der Waals surface area (Å²) in [6.07, 6.45) is 7.38. The standard InChI is InChI=1S/C34H38FN3O5/c1-3-41-31(39)16-18-37-34(40)25-9-11-26(12-10-25)38-32(24-7-5-4-6-8-24)33-22(2)28-20-27(13-14-29(28)43-33)42-21-23-15-17-36-30(35)19-23/h9-15,17,19-20,24,32,38H,3-8,16,18,21H2,1-2H3,(H,37,40). The fourth-order valence-electron chi connectivity index (χ4n) is 5.68. The minimum absolute atomic E-state index is 0.0406. The molecule has 0 aliphatic heterocycles. The third-order valence-corrected chi connectivity index (χ3v) is 7.93. The average Bonchev–Trinajstić information content (AvgIpc) is 3.34. The summed E-state index contributed by atoms with van der Waals surface area (Å²) in [5.74, 6) is 0.880. The van der Waals surface area contributed by atoms with Crippen LogP contribution in [0.2, 0.25) is 0 Å². The Morgan fingerprint density at radius 1 is 1.07 bits per heavy atom. The van der Waals surface area contributed by atoms with Gasteiger partial charge in [0.15, 0.2) is 0 Å². The number of nitrogens with zero attached hydrogens (tertiary/aromatic N) is 1. The zero-order valence-electron chi connectivity index (χ0n) is 24.7. The minimum atomic E-state index is -0.530. The van der Waals surface area contributed by atoms with Crippen molar-refractivity contribution in [3.8, 4) is 5.75 Å². The molecule has 4 aromatic rings. The van der Waals surface area contributed by atoms with Crippen molar-refractivity contribution in [2.75, 3.05) is 18.5 Å². The zero-order valence-corrected chi connectivity index (χ0v) is 24.7. The maximum Gasteiger partial charge on any atom is 0.307 e. The van der Waals surface area contributed by atoms with Crippen LogP contribution in [0.15, 0.2) is 65.2 Å². The molecule has 2 aromatic carbocycles. The monoisotopic (exact) mass is 587 g/mol. The average molecular weight is 588 g/mol. The number of carbonyl (C=O) groups is 2. The molecular formula is C34H38FN3O5. The lowest BCUT2D eigenvalue weighted by molar-refractivity contribution is -0.142. The SMILES string of the molecule is CCOC(=O)CCNC(=O)c1ccc(NC(c2oc3ccc(OCc4ccnc(F)c4)cc3c2C)C2CCCCC2)cc1. The number of benzene rings is 2. The van der Waals surface area contributed by atoms with Gasteiger partial charge in [0, 0.05) is 34.9 Å². The molecule has 1 atom stereocenters. The topological polar surface area (TPSA) is 103 Å². The van der Waals surface area contributed by atoms with Gasteiger partial charge in [0.25, 0.3) is 5.91 Å². The van der Waals surface area contributed by atoms with E-state index in [1.165, 1.54) is 31.5 Å². The highest BCUT2D eigenvalue weighted by Crippen LogP contribution is 2.41. The highest BCUT2D eigenvalue weighted by atomic mass is 19.1. The van der Waals surface area contributed by atoms with Gasteiger partial charge in [0.2, 0.25) is 5.95 Å². The fraction of sp³-hybridized carbons (Fsp3) is 0.382. The van der Waals surface area contributed by atoms with Gasteiger partial charge >= 0.3 is 5.97 Å². The van der Waals surface area contributed by atoms with Crippen LogP contribution >= 0.6 is 0 Å². The molecule has 1 saturated carbocycles. The van der Waals surface area contributed by atoms with Gasteiger partial charge in [-0.15, -0.1) is 0 Å². The van der Waals surface area contributed by atoms with Crippen LogP contribution in [0.1, 0.15) is 78.7 Å². The van der Waals surface area contributed by atoms with E-state index in [1.807, 2.05) is 30.3 Å². The Labute approximate surface area is 251 Å². The van der Waals surface area contributed by atoms with Crippen molar-refractivity contribution in [1.29, 1.82) is 0 Å². The van der Waals surface area contributed by atoms with Gasteiger partial charge in [-0.3, -0.25) is 9.59 Å². The van der Waals surface area contributed by atoms with E-state index in [-0.39, 0.29) is 37.5 Å². The Kier molecular flexibility index (Phi) is 9.92. The van der Waals surface area contributed by atoms with Crippen molar-refractivity contribution in [2.24, 2.45) is 5.92 Å². The summed E-state index contributed by atoms with van der Waals surface area (Å²) in [5.41, 5.74) is 3.96. The zero-order chi connectivity index (χ0) is 30.2. The number of fused-ring (bicyclic) bond motifs is 1. The molecule has 9 heteroatoms. The summed E-state index contributed by atoms with van der Waals surface area (Å²) in [5, 5.41) is 7.46. The normalized spacial score (nSPS) is 14.3. The molecule has 2 heterocycles. The molecule has 0 spiro atoms. The van der Waals surface area contributed by atoms with Crippen LogP contribution in [0.25, 0.3) is 11.0 Å². The van der Waals surface area contributed by atoms with Crippen molar-refractivity contribution in [2.45, 2.75) is 65.0 Å². The first kappa shape index (κ1) is 30.1. The van der Waals surface area contributed by atoms with E-state index in [4.69, 9.17) is 13.9 Å². The third kappa shape index (κ3) is 7.71. The maximum absolute atomic E-state index is 13.5. The molecule has 226 valence electrons. The first-order valence-electron chi connectivity index (χ1n) is 15.0. The smallest absolute Gasteiger partial charge is 0.307 e. The predicted octanol–water partition coefficient (Wildman–Crippen LogP) is 7.27. The lowest BCUT2D eigenvalue weighted by Gasteiger charge is -2.31. The molecule has 0 radical (unpaired) electrons. The van der Waals surface area contributed by atoms with E-state index in [2.05, 4.69) is 22.5 Å². The number of halogens is 1. The number of anilines is 1. The molecule has 2 aromatic heterocycles. The highest BCUT2D eigenvalue weighted by molar-refractivity contribution is 5.94. The number of rotatable bonds is 12. The van der Waals surface area contributed by atoms with E-state index >= 15 is 0 Å². The molecule has 8 nitrogen and oxygen atoms in total. The maximum atomic E-state index is 13.5. The van der Waals surface area contributed by atoms with E-state index in [0.717, 1.165) is 40.8 Å². The number of pyridine rings is 1. The summed E-state index contributed by atoms with van der Waals surface area (Å²) in [6.45, 7) is 4.61. The predicted molar refractivity (Wildman–Crippen MR) is 162 cm³/mol. The molecule has 43 heavy (non-hydrogen) atoms. The molecule has 1 fully saturated rings. The van der Waals surface area contributed by atoms with Crippen molar-refractivity contribution >= 4 is 28.5 Å². The Morgan fingerprint density at radius 2 is 1.86 bits per heavy atom. The quantitative estimate of drug-likeness (QED) is 0.133. The molecule has 1 aliphatic rings. The molecule has 5 rings (SSSR count). The number of aryl methyl sites for hydroxylation is 1. The summed E-state index contributed by atoms with van der Waals surface area (Å²) in [6, 6.07) is 16.2. The van der Waals surface area contributed by atoms with Gasteiger partial charge < -0.3 is 24.5 Å². The van der Waals surface area contributed by atoms with E-state index < -0.39 is 5.95 Å². The number of hydrogen-bond donors (Lipinski definition) is 2. The summed E-state index contributed by atoms with van der Waals surface area (Å²) >= 11 is 0. The third-order valence-electron chi connectivity index (χ3n) is 7.93. The van der Waals surface area contributed by atoms with E-state index in [9.17, 15) is 14.0 Å². The number of furan rings is 1. The summed E-state index contributed by atoms with van der Waals surface area (Å²) in [4.78, 5) is 27.7. The van der Waals surface area contributed by atoms with Gasteiger partial charge in [-0.2, -0.15) is 4.39 Å². The molecule has 2 N–H and O–H groups in total. The van der Waals surface area contributed by atoms with E-state index in [0.29, 0.717) is 29.4 Å². The molecule has 1 unspecified atom stereocenters. The van der Waals surface area contributed by atoms with Crippen LogP contribution in [0.4, 0.5) is 10.1 Å². The molecule has 1 aliphatic carbocycles. The van der Waals surface area contributed by atoms with Gasteiger partial charge in [-0.25, -0.2) is 4.98 Å². The van der Waals surface area contributed by atoms with Crippen LogP contribution < -0.4 is 15.4 Å². The number of ether oxygens (including phenoxy) is 2. The van der Waals surface area contributed by atoms with Gasteiger partial charge in [-0.1, -0.05) is 19.3 Å². The van der Waals surface area contributed by atoms with Gasteiger partial charge in [0.05, 0.1) is 19.1 Å². The van der Waals surface area contributed by atoms with E-state index in [1.54, 1.807) is 25.1 Å². The number of nitrogens with one attached hydrogen (secondary N) is 2.